The fourth-order valence-electron chi connectivity index (χ4n) is 2.33. The van der Waals surface area contributed by atoms with Crippen molar-refractivity contribution in [3.63, 3.8) is 0 Å². The van der Waals surface area contributed by atoms with Crippen molar-refractivity contribution in [1.82, 2.24) is 4.57 Å². The molecule has 1 aromatic carbocycles. The number of hydrogen-bond donors (Lipinski definition) is 1. The number of para-hydroxylation sites is 1. The van der Waals surface area contributed by atoms with Crippen LogP contribution in [-0.4, -0.2) is 20.6 Å². The normalized spacial score (nSPS) is 10.9. The smallest absolute Gasteiger partial charge is 0.339 e. The number of fused-ring (bicyclic) bond motifs is 1. The van der Waals surface area contributed by atoms with Crippen LogP contribution in [0.2, 0.25) is 0 Å². The lowest BCUT2D eigenvalue weighted by Crippen LogP contribution is -2.04. The van der Waals surface area contributed by atoms with Crippen molar-refractivity contribution < 1.29 is 19.2 Å². The van der Waals surface area contributed by atoms with E-state index in [-0.39, 0.29) is 23.6 Å². The van der Waals surface area contributed by atoms with Gasteiger partial charge in [-0.3, -0.25) is 10.1 Å². The Hall–Kier alpha value is -3.09. The van der Waals surface area contributed by atoms with Gasteiger partial charge >= 0.3 is 5.97 Å². The Bertz CT molecular complexity index is 846. The Balaban J connectivity index is 2.11. The van der Waals surface area contributed by atoms with E-state index < -0.39 is 10.9 Å². The minimum absolute atomic E-state index is 0.0269. The van der Waals surface area contributed by atoms with Gasteiger partial charge in [0, 0.05) is 17.6 Å². The number of non-ortho nitro benzene ring substituents is 1. The summed E-state index contributed by atoms with van der Waals surface area (Å²) >= 11 is 0. The van der Waals surface area contributed by atoms with E-state index in [0.717, 1.165) is 0 Å². The summed E-state index contributed by atoms with van der Waals surface area (Å²) < 4.78 is 6.79. The standard InChI is InChI=1S/C14H10N2O5/c17-14(18)10-5-7-21-12(10)8-15-6-4-9-2-1-3-11(13(9)15)16(19)20/h1-7H,8H2,(H,17,18). The monoisotopic (exact) mass is 286 g/mol. The van der Waals surface area contributed by atoms with Crippen molar-refractivity contribution in [3.05, 3.63) is 64.2 Å². The summed E-state index contributed by atoms with van der Waals surface area (Å²) in [4.78, 5) is 21.7. The lowest BCUT2D eigenvalue weighted by Gasteiger charge is -2.04. The number of hydrogen-bond acceptors (Lipinski definition) is 4. The highest BCUT2D eigenvalue weighted by Gasteiger charge is 2.18. The van der Waals surface area contributed by atoms with E-state index in [0.29, 0.717) is 10.9 Å². The average molecular weight is 286 g/mol. The number of carboxylic acid groups (broad SMARTS) is 1. The molecule has 0 aliphatic carbocycles. The lowest BCUT2D eigenvalue weighted by atomic mass is 10.2. The molecule has 1 N–H and O–H groups in total. The van der Waals surface area contributed by atoms with Crippen LogP contribution in [0.3, 0.4) is 0 Å². The number of nitro groups is 1. The predicted molar refractivity (Wildman–Crippen MR) is 73.4 cm³/mol. The molecule has 21 heavy (non-hydrogen) atoms. The zero-order valence-corrected chi connectivity index (χ0v) is 10.7. The van der Waals surface area contributed by atoms with Crippen LogP contribution >= 0.6 is 0 Å². The van der Waals surface area contributed by atoms with Crippen LogP contribution in [-0.2, 0) is 6.54 Å². The van der Waals surface area contributed by atoms with Gasteiger partial charge in [-0.25, -0.2) is 4.79 Å². The second kappa shape index (κ2) is 4.78. The Labute approximate surface area is 118 Å². The fourth-order valence-corrected chi connectivity index (χ4v) is 2.33. The van der Waals surface area contributed by atoms with E-state index >= 15 is 0 Å². The minimum Gasteiger partial charge on any atom is -0.478 e. The van der Waals surface area contributed by atoms with Gasteiger partial charge < -0.3 is 14.1 Å². The molecule has 0 bridgehead atoms. The van der Waals surface area contributed by atoms with Crippen LogP contribution in [0.4, 0.5) is 5.69 Å². The Morgan fingerprint density at radius 2 is 2.14 bits per heavy atom. The van der Waals surface area contributed by atoms with Crippen molar-refractivity contribution in [1.29, 1.82) is 0 Å². The molecule has 0 fully saturated rings. The summed E-state index contributed by atoms with van der Waals surface area (Å²) in [6.45, 7) is 0.114. The van der Waals surface area contributed by atoms with Crippen molar-refractivity contribution in [2.75, 3.05) is 0 Å². The molecule has 0 amide bonds. The highest BCUT2D eigenvalue weighted by molar-refractivity contribution is 5.90. The molecule has 2 heterocycles. The number of carboxylic acids is 1. The number of benzene rings is 1. The van der Waals surface area contributed by atoms with Gasteiger partial charge in [0.15, 0.2) is 0 Å². The largest absolute Gasteiger partial charge is 0.478 e. The summed E-state index contributed by atoms with van der Waals surface area (Å²) in [5.74, 6) is -0.845. The van der Waals surface area contributed by atoms with Crippen LogP contribution < -0.4 is 0 Å². The molecular formula is C14H10N2O5. The van der Waals surface area contributed by atoms with Crippen LogP contribution in [0, 0.1) is 10.1 Å². The van der Waals surface area contributed by atoms with Gasteiger partial charge in [-0.15, -0.1) is 0 Å². The molecule has 0 unspecified atom stereocenters. The van der Waals surface area contributed by atoms with E-state index in [1.54, 1.807) is 29.0 Å². The third-order valence-electron chi connectivity index (χ3n) is 3.25. The first-order valence-electron chi connectivity index (χ1n) is 6.10. The van der Waals surface area contributed by atoms with Crippen molar-refractivity contribution >= 4 is 22.6 Å². The first-order chi connectivity index (χ1) is 10.1. The zero-order chi connectivity index (χ0) is 15.0. The quantitative estimate of drug-likeness (QED) is 0.587. The molecule has 0 aliphatic heterocycles. The second-order valence-corrected chi connectivity index (χ2v) is 4.48. The number of furan rings is 1. The van der Waals surface area contributed by atoms with Crippen LogP contribution in [0.5, 0.6) is 0 Å². The molecule has 3 aromatic rings. The third-order valence-corrected chi connectivity index (χ3v) is 3.25. The number of aromatic nitrogens is 1. The predicted octanol–water partition coefficient (Wildman–Crippen LogP) is 2.89. The summed E-state index contributed by atoms with van der Waals surface area (Å²) in [6.07, 6.45) is 2.96. The SMILES string of the molecule is O=C(O)c1ccoc1Cn1ccc2cccc([N+](=O)[O-])c21. The molecule has 0 atom stereocenters. The molecule has 7 nitrogen and oxygen atoms in total. The van der Waals surface area contributed by atoms with E-state index in [9.17, 15) is 14.9 Å². The third kappa shape index (κ3) is 2.14. The number of nitrogens with zero attached hydrogens (tertiary/aromatic N) is 2. The van der Waals surface area contributed by atoms with E-state index in [1.807, 2.05) is 0 Å². The first-order valence-corrected chi connectivity index (χ1v) is 6.10. The average Bonchev–Trinajstić information content (AvgIpc) is 3.06. The maximum absolute atomic E-state index is 11.1. The van der Waals surface area contributed by atoms with Gasteiger partial charge in [-0.05, 0) is 12.1 Å². The summed E-state index contributed by atoms with van der Waals surface area (Å²) in [7, 11) is 0. The molecule has 0 radical (unpaired) electrons. The van der Waals surface area contributed by atoms with E-state index in [1.165, 1.54) is 18.4 Å². The molecular weight excluding hydrogens is 276 g/mol. The first kappa shape index (κ1) is 12.9. The van der Waals surface area contributed by atoms with Crippen LogP contribution in [0.1, 0.15) is 16.1 Å². The Morgan fingerprint density at radius 1 is 1.33 bits per heavy atom. The van der Waals surface area contributed by atoms with Crippen LogP contribution in [0.15, 0.2) is 47.2 Å². The van der Waals surface area contributed by atoms with Gasteiger partial charge in [0.25, 0.3) is 5.69 Å². The number of carbonyl (C=O) groups is 1. The molecule has 0 saturated carbocycles. The molecule has 0 saturated heterocycles. The van der Waals surface area contributed by atoms with Crippen molar-refractivity contribution in [3.8, 4) is 0 Å². The maximum Gasteiger partial charge on any atom is 0.339 e. The van der Waals surface area contributed by atoms with Crippen molar-refractivity contribution in [2.24, 2.45) is 0 Å². The van der Waals surface area contributed by atoms with E-state index in [4.69, 9.17) is 9.52 Å². The molecule has 0 aliphatic rings. The summed E-state index contributed by atoms with van der Waals surface area (Å²) in [5, 5.41) is 20.9. The van der Waals surface area contributed by atoms with Crippen molar-refractivity contribution in [2.45, 2.75) is 6.54 Å². The lowest BCUT2D eigenvalue weighted by molar-refractivity contribution is -0.383. The zero-order valence-electron chi connectivity index (χ0n) is 10.7. The van der Waals surface area contributed by atoms with Gasteiger partial charge in [0.1, 0.15) is 16.8 Å². The highest BCUT2D eigenvalue weighted by Crippen LogP contribution is 2.27. The fraction of sp³-hybridized carbons (Fsp3) is 0.0714. The maximum atomic E-state index is 11.1. The second-order valence-electron chi connectivity index (χ2n) is 4.48. The van der Waals surface area contributed by atoms with E-state index in [2.05, 4.69) is 0 Å². The number of aromatic carboxylic acids is 1. The van der Waals surface area contributed by atoms with Gasteiger partial charge in [0.05, 0.1) is 17.7 Å². The summed E-state index contributed by atoms with van der Waals surface area (Å²) in [5.41, 5.74) is 0.464. The molecule has 3 rings (SSSR count). The van der Waals surface area contributed by atoms with Gasteiger partial charge in [-0.2, -0.15) is 0 Å². The minimum atomic E-state index is -1.09. The van der Waals surface area contributed by atoms with Gasteiger partial charge in [0.2, 0.25) is 0 Å². The highest BCUT2D eigenvalue weighted by atomic mass is 16.6. The van der Waals surface area contributed by atoms with Crippen LogP contribution in [0.25, 0.3) is 10.9 Å². The molecule has 106 valence electrons. The Morgan fingerprint density at radius 3 is 2.86 bits per heavy atom. The summed E-state index contributed by atoms with van der Waals surface area (Å²) in [6, 6.07) is 7.89. The molecule has 7 heteroatoms. The number of nitro benzene ring substituents is 1. The molecule has 0 spiro atoms. The van der Waals surface area contributed by atoms with Gasteiger partial charge in [-0.1, -0.05) is 12.1 Å². The number of rotatable bonds is 4. The molecule has 2 aromatic heterocycles. The topological polar surface area (TPSA) is 98.5 Å². The Kier molecular flexibility index (Phi) is 2.94.